The molecule has 0 aromatic carbocycles. The molecule has 25 heteroatoms. The third-order valence-corrected chi connectivity index (χ3v) is 8.51. The Kier molecular flexibility index (Phi) is 8.33. The lowest BCUT2D eigenvalue weighted by molar-refractivity contribution is -0.0613. The molecule has 9 unspecified atom stereocenters. The van der Waals surface area contributed by atoms with Crippen molar-refractivity contribution >= 4 is 49.6 Å². The summed E-state index contributed by atoms with van der Waals surface area (Å²) in [6, 6.07) is 0. The van der Waals surface area contributed by atoms with Gasteiger partial charge in [0.15, 0.2) is 35.4 Å². The van der Waals surface area contributed by atoms with E-state index < -0.39 is 77.9 Å². The fraction of sp³-hybridized carbons (Fsp3) is 0.500. The molecule has 9 atom stereocenters. The van der Waals surface area contributed by atoms with E-state index >= 15 is 0 Å². The predicted molar refractivity (Wildman–Crippen MR) is 144 cm³/mol. The number of phosphoric ester groups is 2. The van der Waals surface area contributed by atoms with Crippen molar-refractivity contribution in [2.24, 2.45) is 0 Å². The molecule has 0 amide bonds. The molecule has 6 rings (SSSR count). The van der Waals surface area contributed by atoms with Gasteiger partial charge in [-0.3, -0.25) is 22.7 Å². The number of aliphatic hydroxyl groups excluding tert-OH is 3. The number of hydrogen-bond acceptors (Lipinski definition) is 18. The van der Waals surface area contributed by atoms with Crippen LogP contribution in [0.2, 0.25) is 0 Å². The van der Waals surface area contributed by atoms with Crippen molar-refractivity contribution in [3.8, 4) is 0 Å². The molecule has 2 saturated heterocycles. The molecule has 2 aliphatic rings. The molecule has 0 aliphatic carbocycles. The van der Waals surface area contributed by atoms with Crippen LogP contribution in [0.1, 0.15) is 12.5 Å². The van der Waals surface area contributed by atoms with Crippen LogP contribution in [0, 0.1) is 0 Å². The van der Waals surface area contributed by atoms with E-state index in [1.54, 1.807) is 0 Å². The van der Waals surface area contributed by atoms with Crippen LogP contribution in [0.5, 0.6) is 0 Å². The second kappa shape index (κ2) is 11.8. The minimum Gasteiger partial charge on any atom is -0.387 e. The van der Waals surface area contributed by atoms with Crippen LogP contribution in [0.3, 0.4) is 0 Å². The normalized spacial score (nSPS) is 30.4. The van der Waals surface area contributed by atoms with Crippen LogP contribution in [-0.4, -0.2) is 119 Å². The number of fused-ring (bicyclic) bond motifs is 2. The van der Waals surface area contributed by atoms with Gasteiger partial charge in [-0.15, -0.1) is 0 Å². The topological polar surface area (TPSA) is 341 Å². The molecule has 0 spiro atoms. The maximum absolute atomic E-state index is 13.1. The number of nitrogen functional groups attached to an aromatic ring is 2. The Morgan fingerprint density at radius 2 is 1.24 bits per heavy atom. The predicted octanol–water partition coefficient (Wildman–Crippen LogP) is -2.68. The maximum atomic E-state index is 13.1. The Bertz CT molecular complexity index is 1800. The number of rotatable bonds is 10. The van der Waals surface area contributed by atoms with Crippen LogP contribution in [0.25, 0.3) is 22.3 Å². The van der Waals surface area contributed by atoms with E-state index in [4.69, 9.17) is 39.8 Å². The van der Waals surface area contributed by atoms with Crippen LogP contribution in [-0.2, 0) is 32.2 Å². The summed E-state index contributed by atoms with van der Waals surface area (Å²) in [6.45, 7) is -1.63. The Morgan fingerprint density at radius 1 is 0.733 bits per heavy atom. The summed E-state index contributed by atoms with van der Waals surface area (Å²) in [6.07, 6.45) is -7.61. The first-order valence-electron chi connectivity index (χ1n) is 12.8. The van der Waals surface area contributed by atoms with Crippen LogP contribution in [0.4, 0.5) is 11.6 Å². The largest absolute Gasteiger partial charge is 0.472 e. The SMILES string of the molecule is Nc1ncnc2c1ncn2C1OC(COP(=O)(O)OC2C(O)C(COP(=O)(O)O)OC2n2cnc3c(N)ncnc32)C(O)C1O. The van der Waals surface area contributed by atoms with E-state index in [9.17, 15) is 29.3 Å². The van der Waals surface area contributed by atoms with Crippen molar-refractivity contribution in [3.63, 3.8) is 0 Å². The van der Waals surface area contributed by atoms with Gasteiger partial charge in [0, 0.05) is 0 Å². The Balaban J connectivity index is 1.19. The van der Waals surface area contributed by atoms with Crippen LogP contribution >= 0.6 is 15.6 Å². The highest BCUT2D eigenvalue weighted by molar-refractivity contribution is 7.47. The number of anilines is 2. The van der Waals surface area contributed by atoms with Crippen molar-refractivity contribution < 1.29 is 62.2 Å². The van der Waals surface area contributed by atoms with Crippen molar-refractivity contribution in [1.29, 1.82) is 0 Å². The number of nitrogens with zero attached hydrogens (tertiary/aromatic N) is 8. The van der Waals surface area contributed by atoms with Gasteiger partial charge in [0.2, 0.25) is 0 Å². The summed E-state index contributed by atoms with van der Waals surface area (Å²) in [4.78, 5) is 52.7. The summed E-state index contributed by atoms with van der Waals surface area (Å²) >= 11 is 0. The number of aromatic nitrogens is 8. The number of nitrogens with two attached hydrogens (primary N) is 2. The molecular weight excluding hydrogens is 650 g/mol. The van der Waals surface area contributed by atoms with E-state index in [-0.39, 0.29) is 34.0 Å². The number of phosphoric acid groups is 2. The van der Waals surface area contributed by atoms with E-state index in [0.29, 0.717) is 0 Å². The molecule has 45 heavy (non-hydrogen) atoms. The molecule has 4 aromatic rings. The molecule has 10 N–H and O–H groups in total. The molecule has 244 valence electrons. The van der Waals surface area contributed by atoms with Gasteiger partial charge in [-0.25, -0.2) is 39.0 Å². The van der Waals surface area contributed by atoms with E-state index in [0.717, 1.165) is 6.33 Å². The molecule has 4 aromatic heterocycles. The zero-order valence-electron chi connectivity index (χ0n) is 22.5. The highest BCUT2D eigenvalue weighted by Gasteiger charge is 2.51. The van der Waals surface area contributed by atoms with Gasteiger partial charge < -0.3 is 50.9 Å². The summed E-state index contributed by atoms with van der Waals surface area (Å²) in [5.74, 6) is 0.0547. The summed E-state index contributed by atoms with van der Waals surface area (Å²) in [5, 5.41) is 32.2. The number of imidazole rings is 2. The fourth-order valence-corrected chi connectivity index (χ4v) is 6.20. The smallest absolute Gasteiger partial charge is 0.387 e. The first-order valence-corrected chi connectivity index (χ1v) is 15.8. The highest BCUT2D eigenvalue weighted by Crippen LogP contribution is 2.50. The quantitative estimate of drug-likeness (QED) is 0.0793. The lowest BCUT2D eigenvalue weighted by Gasteiger charge is -2.25. The van der Waals surface area contributed by atoms with Gasteiger partial charge in [0.25, 0.3) is 0 Å². The Labute approximate surface area is 250 Å². The van der Waals surface area contributed by atoms with Crippen molar-refractivity contribution in [1.82, 2.24) is 39.0 Å². The number of ether oxygens (including phenoxy) is 2. The highest BCUT2D eigenvalue weighted by atomic mass is 31.2. The van der Waals surface area contributed by atoms with Gasteiger partial charge in [-0.1, -0.05) is 0 Å². The minimum atomic E-state index is -5.14. The minimum absolute atomic E-state index is 0.0115. The van der Waals surface area contributed by atoms with Crippen LogP contribution in [0.15, 0.2) is 25.3 Å². The standard InChI is InChI=1S/C20H26N10O13P2/c21-15-9-17(25-3-23-15)29(5-27-9)19-13(33)11(31)7(41-19)2-40-45(37,38)43-14-12(32)8(1-39-44(34,35)36)42-20(14)30-6-28-10-16(22)24-4-26-18(10)30/h3-8,11-14,19-20,31-33H,1-2H2,(H,37,38)(H2,21,23,25)(H2,22,24,26)(H2,34,35,36). The van der Waals surface area contributed by atoms with Gasteiger partial charge in [-0.05, 0) is 0 Å². The molecular formula is C20H26N10O13P2. The number of hydrogen-bond donors (Lipinski definition) is 8. The fourth-order valence-electron chi connectivity index (χ4n) is 4.93. The van der Waals surface area contributed by atoms with Gasteiger partial charge in [0.1, 0.15) is 60.3 Å². The zero-order valence-corrected chi connectivity index (χ0v) is 24.3. The maximum Gasteiger partial charge on any atom is 0.472 e. The Hall–Kier alpha value is -3.28. The van der Waals surface area contributed by atoms with E-state index in [1.807, 2.05) is 0 Å². The van der Waals surface area contributed by atoms with E-state index in [2.05, 4.69) is 34.4 Å². The monoisotopic (exact) mass is 676 g/mol. The lowest BCUT2D eigenvalue weighted by atomic mass is 10.1. The zero-order chi connectivity index (χ0) is 32.3. The first kappa shape index (κ1) is 31.7. The van der Waals surface area contributed by atoms with Gasteiger partial charge in [-0.2, -0.15) is 0 Å². The molecule has 0 saturated carbocycles. The second-order valence-electron chi connectivity index (χ2n) is 9.89. The van der Waals surface area contributed by atoms with Crippen LogP contribution < -0.4 is 11.5 Å². The van der Waals surface area contributed by atoms with Crippen molar-refractivity contribution in [3.05, 3.63) is 25.3 Å². The van der Waals surface area contributed by atoms with Crippen molar-refractivity contribution in [2.45, 2.75) is 49.1 Å². The molecule has 6 heterocycles. The molecule has 2 aliphatic heterocycles. The van der Waals surface area contributed by atoms with Crippen molar-refractivity contribution in [2.75, 3.05) is 24.7 Å². The summed E-state index contributed by atoms with van der Waals surface area (Å²) < 4.78 is 53.0. The third-order valence-electron chi connectivity index (χ3n) is 7.04. The molecule has 0 radical (unpaired) electrons. The van der Waals surface area contributed by atoms with E-state index in [1.165, 1.54) is 28.1 Å². The second-order valence-corrected chi connectivity index (χ2v) is 12.5. The summed E-state index contributed by atoms with van der Waals surface area (Å²) in [5.41, 5.74) is 12.2. The van der Waals surface area contributed by atoms with Gasteiger partial charge >= 0.3 is 15.6 Å². The van der Waals surface area contributed by atoms with Gasteiger partial charge in [0.05, 0.1) is 25.9 Å². The average Bonchev–Trinajstić information content (AvgIpc) is 3.73. The first-order chi connectivity index (χ1) is 21.2. The lowest BCUT2D eigenvalue weighted by Crippen LogP contribution is -2.36. The molecule has 2 fully saturated rings. The molecule has 23 nitrogen and oxygen atoms in total. The third kappa shape index (κ3) is 6.14. The Morgan fingerprint density at radius 3 is 1.82 bits per heavy atom. The molecule has 0 bridgehead atoms. The summed E-state index contributed by atoms with van der Waals surface area (Å²) in [7, 11) is -10.1. The number of aliphatic hydroxyl groups is 3. The average molecular weight is 676 g/mol.